The van der Waals surface area contributed by atoms with Gasteiger partial charge in [0.15, 0.2) is 5.16 Å². The van der Waals surface area contributed by atoms with Gasteiger partial charge in [0, 0.05) is 6.42 Å². The highest BCUT2D eigenvalue weighted by Gasteiger charge is 2.16. The van der Waals surface area contributed by atoms with Crippen molar-refractivity contribution in [2.75, 3.05) is 5.75 Å². The van der Waals surface area contributed by atoms with Gasteiger partial charge in [0.25, 0.3) is 0 Å². The third kappa shape index (κ3) is 2.93. The first kappa shape index (κ1) is 13.5. The summed E-state index contributed by atoms with van der Waals surface area (Å²) >= 11 is 1.02. The largest absolute Gasteiger partial charge is 0.481 e. The molecule has 100 valence electrons. The lowest BCUT2D eigenvalue weighted by Gasteiger charge is -2.09. The van der Waals surface area contributed by atoms with Gasteiger partial charge in [0.05, 0.1) is 11.4 Å². The first-order valence-corrected chi connectivity index (χ1v) is 6.65. The number of aromatic nitrogens is 3. The molecule has 0 aliphatic carbocycles. The number of carbonyl (C=O) groups is 1. The molecule has 0 unspecified atom stereocenters. The summed E-state index contributed by atoms with van der Waals surface area (Å²) < 4.78 is 15.4. The van der Waals surface area contributed by atoms with Crippen molar-refractivity contribution >= 4 is 17.7 Å². The lowest BCUT2D eigenvalue weighted by molar-refractivity contribution is -0.133. The molecule has 1 aromatic heterocycles. The molecule has 2 rings (SSSR count). The maximum atomic E-state index is 13.8. The third-order valence-corrected chi connectivity index (χ3v) is 3.35. The first-order valence-electron chi connectivity index (χ1n) is 5.67. The van der Waals surface area contributed by atoms with Crippen LogP contribution in [0.5, 0.6) is 0 Å². The lowest BCUT2D eigenvalue weighted by atomic mass is 10.3. The first-order chi connectivity index (χ1) is 9.13. The number of halogens is 1. The van der Waals surface area contributed by atoms with Crippen molar-refractivity contribution in [2.45, 2.75) is 18.5 Å². The van der Waals surface area contributed by atoms with Crippen molar-refractivity contribution in [2.24, 2.45) is 0 Å². The van der Waals surface area contributed by atoms with Gasteiger partial charge >= 0.3 is 5.97 Å². The van der Waals surface area contributed by atoms with Gasteiger partial charge in [0.2, 0.25) is 0 Å². The predicted molar refractivity (Wildman–Crippen MR) is 69.1 cm³/mol. The van der Waals surface area contributed by atoms with Crippen molar-refractivity contribution in [3.8, 4) is 5.69 Å². The number of benzene rings is 1. The number of aryl methyl sites for hydroxylation is 1. The number of hydrogen-bond donors (Lipinski definition) is 1. The van der Waals surface area contributed by atoms with Crippen LogP contribution in [0, 0.1) is 5.82 Å². The number of hydrogen-bond acceptors (Lipinski definition) is 4. The van der Waals surface area contributed by atoms with E-state index in [0.29, 0.717) is 23.1 Å². The van der Waals surface area contributed by atoms with Crippen molar-refractivity contribution < 1.29 is 14.3 Å². The fourth-order valence-corrected chi connectivity index (χ4v) is 2.31. The Morgan fingerprint density at radius 1 is 1.42 bits per heavy atom. The van der Waals surface area contributed by atoms with Gasteiger partial charge in [-0.3, -0.25) is 9.36 Å². The second kappa shape index (κ2) is 5.83. The van der Waals surface area contributed by atoms with E-state index >= 15 is 0 Å². The van der Waals surface area contributed by atoms with Crippen LogP contribution in [0.25, 0.3) is 5.69 Å². The molecule has 0 saturated heterocycles. The average molecular weight is 281 g/mol. The van der Waals surface area contributed by atoms with E-state index in [4.69, 9.17) is 5.11 Å². The highest BCUT2D eigenvalue weighted by atomic mass is 32.2. The number of para-hydroxylation sites is 1. The minimum atomic E-state index is -0.953. The molecule has 1 aromatic carbocycles. The van der Waals surface area contributed by atoms with Gasteiger partial charge in [-0.2, -0.15) is 0 Å². The molecular weight excluding hydrogens is 269 g/mol. The Bertz CT molecular complexity index is 600. The molecule has 1 heterocycles. The van der Waals surface area contributed by atoms with Gasteiger partial charge in [-0.15, -0.1) is 10.2 Å². The Morgan fingerprint density at radius 3 is 2.79 bits per heavy atom. The molecule has 0 saturated carbocycles. The van der Waals surface area contributed by atoms with E-state index in [-0.39, 0.29) is 5.75 Å². The summed E-state index contributed by atoms with van der Waals surface area (Å²) in [5.41, 5.74) is 0.331. The molecule has 1 N–H and O–H groups in total. The molecule has 0 spiro atoms. The van der Waals surface area contributed by atoms with Crippen LogP contribution in [-0.2, 0) is 11.2 Å². The molecule has 0 aliphatic heterocycles. The van der Waals surface area contributed by atoms with Gasteiger partial charge < -0.3 is 5.11 Å². The van der Waals surface area contributed by atoms with Gasteiger partial charge in [-0.1, -0.05) is 30.8 Å². The zero-order chi connectivity index (χ0) is 13.8. The number of aliphatic carboxylic acids is 1. The van der Waals surface area contributed by atoms with Crippen molar-refractivity contribution in [3.63, 3.8) is 0 Å². The van der Waals surface area contributed by atoms with E-state index < -0.39 is 11.8 Å². The van der Waals surface area contributed by atoms with Crippen LogP contribution >= 0.6 is 11.8 Å². The Morgan fingerprint density at radius 2 is 2.16 bits per heavy atom. The topological polar surface area (TPSA) is 68.0 Å². The second-order valence-corrected chi connectivity index (χ2v) is 4.66. The maximum Gasteiger partial charge on any atom is 0.313 e. The van der Waals surface area contributed by atoms with Crippen LogP contribution in [0.1, 0.15) is 12.7 Å². The van der Waals surface area contributed by atoms with Crippen LogP contribution in [-0.4, -0.2) is 31.6 Å². The van der Waals surface area contributed by atoms with Crippen LogP contribution < -0.4 is 0 Å². The number of rotatable bonds is 5. The van der Waals surface area contributed by atoms with Crippen LogP contribution in [0.15, 0.2) is 29.4 Å². The molecule has 2 aromatic rings. The van der Waals surface area contributed by atoms with Gasteiger partial charge in [-0.25, -0.2) is 4.39 Å². The Hall–Kier alpha value is -1.89. The van der Waals surface area contributed by atoms with Crippen LogP contribution in [0.3, 0.4) is 0 Å². The normalized spacial score (nSPS) is 10.6. The fraction of sp³-hybridized carbons (Fsp3) is 0.250. The summed E-state index contributed by atoms with van der Waals surface area (Å²) in [5, 5.41) is 17.0. The highest BCUT2D eigenvalue weighted by Crippen LogP contribution is 2.23. The number of carboxylic acid groups (broad SMARTS) is 1. The molecule has 0 aliphatic rings. The summed E-state index contributed by atoms with van der Waals surface area (Å²) in [5.74, 6) is -0.894. The van der Waals surface area contributed by atoms with E-state index in [0.717, 1.165) is 11.8 Å². The molecule has 19 heavy (non-hydrogen) atoms. The van der Waals surface area contributed by atoms with Crippen LogP contribution in [0.4, 0.5) is 4.39 Å². The van der Waals surface area contributed by atoms with Crippen molar-refractivity contribution in [1.29, 1.82) is 0 Å². The summed E-state index contributed by atoms with van der Waals surface area (Å²) in [7, 11) is 0. The predicted octanol–water partition coefficient (Wildman–Crippen LogP) is 2.15. The molecular formula is C12H12FN3O2S. The molecule has 0 bridgehead atoms. The Kier molecular flexibility index (Phi) is 4.16. The lowest BCUT2D eigenvalue weighted by Crippen LogP contribution is -2.06. The summed E-state index contributed by atoms with van der Waals surface area (Å²) in [6, 6.07) is 6.27. The highest BCUT2D eigenvalue weighted by molar-refractivity contribution is 7.99. The number of thioether (sulfide) groups is 1. The minimum absolute atomic E-state index is 0.143. The zero-order valence-electron chi connectivity index (χ0n) is 10.2. The van der Waals surface area contributed by atoms with E-state index in [1.165, 1.54) is 6.07 Å². The molecule has 0 fully saturated rings. The molecule has 0 amide bonds. The quantitative estimate of drug-likeness (QED) is 0.850. The Balaban J connectivity index is 2.45. The van der Waals surface area contributed by atoms with Gasteiger partial charge in [-0.05, 0) is 12.1 Å². The Labute approximate surface area is 113 Å². The van der Waals surface area contributed by atoms with Crippen molar-refractivity contribution in [1.82, 2.24) is 14.8 Å². The summed E-state index contributed by atoms with van der Waals surface area (Å²) in [6.45, 7) is 1.88. The molecule has 5 nitrogen and oxygen atoms in total. The average Bonchev–Trinajstić information content (AvgIpc) is 2.79. The van der Waals surface area contributed by atoms with E-state index in [9.17, 15) is 9.18 Å². The van der Waals surface area contributed by atoms with Crippen molar-refractivity contribution in [3.05, 3.63) is 35.9 Å². The fourth-order valence-electron chi connectivity index (χ4n) is 1.62. The monoisotopic (exact) mass is 281 g/mol. The summed E-state index contributed by atoms with van der Waals surface area (Å²) in [4.78, 5) is 10.6. The van der Waals surface area contributed by atoms with Crippen LogP contribution in [0.2, 0.25) is 0 Å². The molecule has 7 heteroatoms. The summed E-state index contributed by atoms with van der Waals surface area (Å²) in [6.07, 6.45) is 0.578. The number of nitrogens with zero attached hydrogens (tertiary/aromatic N) is 3. The maximum absolute atomic E-state index is 13.8. The second-order valence-electron chi connectivity index (χ2n) is 3.72. The molecule has 0 atom stereocenters. The van der Waals surface area contributed by atoms with E-state index in [1.54, 1.807) is 22.8 Å². The van der Waals surface area contributed by atoms with E-state index in [2.05, 4.69) is 10.2 Å². The molecule has 0 radical (unpaired) electrons. The van der Waals surface area contributed by atoms with Gasteiger partial charge in [0.1, 0.15) is 11.6 Å². The minimum Gasteiger partial charge on any atom is -0.481 e. The standard InChI is InChI=1S/C12H12FN3O2S/c1-2-10-14-15-12(19-7-11(17)18)16(10)9-6-4-3-5-8(9)13/h3-6H,2,7H2,1H3,(H,17,18). The smallest absolute Gasteiger partial charge is 0.313 e. The van der Waals surface area contributed by atoms with E-state index in [1.807, 2.05) is 6.92 Å². The third-order valence-electron chi connectivity index (χ3n) is 2.43. The number of carboxylic acids is 1. The SMILES string of the molecule is CCc1nnc(SCC(=O)O)n1-c1ccccc1F. The zero-order valence-corrected chi connectivity index (χ0v) is 11.0.